The van der Waals surface area contributed by atoms with Crippen molar-refractivity contribution < 1.29 is 4.74 Å². The standard InChI is InChI=1S/C11H14BrNO/c1-7(2)9-5-6-10(11(12)13-9)14-8-3-4-8/h5-8H,3-4H2,1-2H3. The summed E-state index contributed by atoms with van der Waals surface area (Å²) < 4.78 is 6.51. The first-order chi connectivity index (χ1) is 6.66. The molecule has 1 saturated carbocycles. The zero-order valence-electron chi connectivity index (χ0n) is 8.46. The van der Waals surface area contributed by atoms with Crippen LogP contribution >= 0.6 is 15.9 Å². The molecule has 0 N–H and O–H groups in total. The van der Waals surface area contributed by atoms with Gasteiger partial charge in [0.25, 0.3) is 0 Å². The monoisotopic (exact) mass is 255 g/mol. The van der Waals surface area contributed by atoms with Crippen molar-refractivity contribution in [1.29, 1.82) is 0 Å². The zero-order valence-corrected chi connectivity index (χ0v) is 10.0. The summed E-state index contributed by atoms with van der Waals surface area (Å²) in [7, 11) is 0. The molecule has 0 saturated heterocycles. The molecule has 2 nitrogen and oxygen atoms in total. The summed E-state index contributed by atoms with van der Waals surface area (Å²) in [6.45, 7) is 4.27. The molecule has 0 spiro atoms. The van der Waals surface area contributed by atoms with Gasteiger partial charge in [0, 0.05) is 5.69 Å². The van der Waals surface area contributed by atoms with Crippen molar-refractivity contribution in [2.45, 2.75) is 38.7 Å². The number of hydrogen-bond donors (Lipinski definition) is 0. The van der Waals surface area contributed by atoms with Crippen LogP contribution in [0, 0.1) is 0 Å². The molecule has 0 bridgehead atoms. The van der Waals surface area contributed by atoms with E-state index in [1.807, 2.05) is 12.1 Å². The summed E-state index contributed by atoms with van der Waals surface area (Å²) in [5, 5.41) is 0. The topological polar surface area (TPSA) is 22.1 Å². The van der Waals surface area contributed by atoms with Crippen LogP contribution in [0.3, 0.4) is 0 Å². The number of ether oxygens (including phenoxy) is 1. The van der Waals surface area contributed by atoms with Crippen molar-refractivity contribution in [3.63, 3.8) is 0 Å². The number of hydrogen-bond acceptors (Lipinski definition) is 2. The number of aromatic nitrogens is 1. The molecule has 0 atom stereocenters. The summed E-state index contributed by atoms with van der Waals surface area (Å²) in [5.74, 6) is 1.33. The lowest BCUT2D eigenvalue weighted by molar-refractivity contribution is 0.299. The third-order valence-corrected chi connectivity index (χ3v) is 2.81. The minimum atomic E-state index is 0.429. The van der Waals surface area contributed by atoms with Gasteiger partial charge in [-0.3, -0.25) is 0 Å². The second-order valence-electron chi connectivity index (χ2n) is 4.00. The van der Waals surface area contributed by atoms with Crippen LogP contribution in [0.15, 0.2) is 16.7 Å². The fourth-order valence-corrected chi connectivity index (χ4v) is 1.64. The van der Waals surface area contributed by atoms with Crippen molar-refractivity contribution in [2.24, 2.45) is 0 Å². The van der Waals surface area contributed by atoms with E-state index in [-0.39, 0.29) is 0 Å². The summed E-state index contributed by atoms with van der Waals surface area (Å²) in [4.78, 5) is 4.45. The predicted molar refractivity (Wildman–Crippen MR) is 59.7 cm³/mol. The average Bonchev–Trinajstić information content (AvgIpc) is 2.92. The maximum Gasteiger partial charge on any atom is 0.152 e. The molecule has 1 aromatic rings. The van der Waals surface area contributed by atoms with Crippen LogP contribution in [0.5, 0.6) is 5.75 Å². The van der Waals surface area contributed by atoms with Gasteiger partial charge in [-0.15, -0.1) is 0 Å². The Morgan fingerprint density at radius 1 is 1.43 bits per heavy atom. The molecule has 1 aromatic heterocycles. The van der Waals surface area contributed by atoms with E-state index in [1.54, 1.807) is 0 Å². The van der Waals surface area contributed by atoms with Crippen molar-refractivity contribution >= 4 is 15.9 Å². The Morgan fingerprint density at radius 3 is 2.64 bits per heavy atom. The highest BCUT2D eigenvalue weighted by molar-refractivity contribution is 9.10. The average molecular weight is 256 g/mol. The van der Waals surface area contributed by atoms with E-state index >= 15 is 0 Å². The number of nitrogens with zero attached hydrogens (tertiary/aromatic N) is 1. The second-order valence-corrected chi connectivity index (χ2v) is 4.75. The van der Waals surface area contributed by atoms with Gasteiger partial charge in [-0.2, -0.15) is 0 Å². The molecule has 1 aliphatic carbocycles. The molecule has 0 amide bonds. The number of pyridine rings is 1. The molecular weight excluding hydrogens is 242 g/mol. The minimum absolute atomic E-state index is 0.429. The van der Waals surface area contributed by atoms with E-state index < -0.39 is 0 Å². The molecule has 0 radical (unpaired) electrons. The van der Waals surface area contributed by atoms with Crippen molar-refractivity contribution in [3.05, 3.63) is 22.4 Å². The smallest absolute Gasteiger partial charge is 0.152 e. The van der Waals surface area contributed by atoms with Crippen LogP contribution in [0.25, 0.3) is 0 Å². The van der Waals surface area contributed by atoms with Gasteiger partial charge in [-0.25, -0.2) is 4.98 Å². The van der Waals surface area contributed by atoms with Crippen LogP contribution in [0.1, 0.15) is 38.3 Å². The van der Waals surface area contributed by atoms with E-state index in [1.165, 1.54) is 12.8 Å². The maximum absolute atomic E-state index is 5.68. The molecule has 1 aliphatic rings. The second kappa shape index (κ2) is 3.89. The van der Waals surface area contributed by atoms with Gasteiger partial charge in [-0.05, 0) is 46.8 Å². The van der Waals surface area contributed by atoms with Crippen LogP contribution in [-0.4, -0.2) is 11.1 Å². The SMILES string of the molecule is CC(C)c1ccc(OC2CC2)c(Br)n1. The molecule has 14 heavy (non-hydrogen) atoms. The van der Waals surface area contributed by atoms with E-state index in [0.717, 1.165) is 16.0 Å². The van der Waals surface area contributed by atoms with E-state index in [2.05, 4.69) is 34.8 Å². The van der Waals surface area contributed by atoms with E-state index in [0.29, 0.717) is 12.0 Å². The van der Waals surface area contributed by atoms with E-state index in [9.17, 15) is 0 Å². The van der Waals surface area contributed by atoms with Gasteiger partial charge in [0.1, 0.15) is 4.60 Å². The lowest BCUT2D eigenvalue weighted by atomic mass is 10.1. The van der Waals surface area contributed by atoms with Crippen LogP contribution in [0.2, 0.25) is 0 Å². The fourth-order valence-electron chi connectivity index (χ4n) is 1.21. The first kappa shape index (κ1) is 9.97. The first-order valence-corrected chi connectivity index (χ1v) is 5.79. The Hall–Kier alpha value is -0.570. The Balaban J connectivity index is 2.17. The highest BCUT2D eigenvalue weighted by atomic mass is 79.9. The molecule has 1 fully saturated rings. The molecule has 1 heterocycles. The van der Waals surface area contributed by atoms with Crippen molar-refractivity contribution in [1.82, 2.24) is 4.98 Å². The van der Waals surface area contributed by atoms with E-state index in [4.69, 9.17) is 4.74 Å². The third kappa shape index (κ3) is 2.27. The Morgan fingerprint density at radius 2 is 2.14 bits per heavy atom. The normalized spacial score (nSPS) is 16.0. The molecule has 76 valence electrons. The Kier molecular flexibility index (Phi) is 2.77. The molecule has 2 rings (SSSR count). The number of rotatable bonds is 3. The van der Waals surface area contributed by atoms with Gasteiger partial charge in [-0.1, -0.05) is 13.8 Å². The van der Waals surface area contributed by atoms with Gasteiger partial charge in [0.05, 0.1) is 6.10 Å². The first-order valence-electron chi connectivity index (χ1n) is 5.00. The summed E-state index contributed by atoms with van der Waals surface area (Å²) in [5.41, 5.74) is 1.10. The van der Waals surface area contributed by atoms with Gasteiger partial charge in [0.2, 0.25) is 0 Å². The largest absolute Gasteiger partial charge is 0.488 e. The summed E-state index contributed by atoms with van der Waals surface area (Å²) in [6, 6.07) is 4.04. The molecule has 3 heteroatoms. The highest BCUT2D eigenvalue weighted by Gasteiger charge is 2.24. The van der Waals surface area contributed by atoms with Gasteiger partial charge >= 0.3 is 0 Å². The maximum atomic E-state index is 5.68. The Bertz CT molecular complexity index is 334. The summed E-state index contributed by atoms with van der Waals surface area (Å²) in [6.07, 6.45) is 2.79. The van der Waals surface area contributed by atoms with Gasteiger partial charge < -0.3 is 4.74 Å². The molecule has 0 aromatic carbocycles. The van der Waals surface area contributed by atoms with Crippen LogP contribution in [-0.2, 0) is 0 Å². The van der Waals surface area contributed by atoms with Crippen LogP contribution in [0.4, 0.5) is 0 Å². The summed E-state index contributed by atoms with van der Waals surface area (Å²) >= 11 is 3.44. The molecule has 0 unspecified atom stereocenters. The quantitative estimate of drug-likeness (QED) is 0.772. The third-order valence-electron chi connectivity index (χ3n) is 2.25. The minimum Gasteiger partial charge on any atom is -0.488 e. The molecule has 0 aliphatic heterocycles. The predicted octanol–water partition coefficient (Wildman–Crippen LogP) is 3.51. The molecular formula is C11H14BrNO. The van der Waals surface area contributed by atoms with Crippen LogP contribution < -0.4 is 4.74 Å². The fraction of sp³-hybridized carbons (Fsp3) is 0.545. The van der Waals surface area contributed by atoms with Gasteiger partial charge in [0.15, 0.2) is 5.75 Å². The van der Waals surface area contributed by atoms with Crippen molar-refractivity contribution in [3.8, 4) is 5.75 Å². The lowest BCUT2D eigenvalue weighted by Gasteiger charge is -2.09. The van der Waals surface area contributed by atoms with Crippen molar-refractivity contribution in [2.75, 3.05) is 0 Å². The lowest BCUT2D eigenvalue weighted by Crippen LogP contribution is -2.00. The zero-order chi connectivity index (χ0) is 10.1. The number of halogens is 1. The Labute approximate surface area is 92.8 Å². The highest BCUT2D eigenvalue weighted by Crippen LogP contribution is 2.31.